The maximum atomic E-state index is 14.5. The van der Waals surface area contributed by atoms with Crippen molar-refractivity contribution in [2.75, 3.05) is 6.54 Å². The number of hydrogen-bond acceptors (Lipinski definition) is 3. The average molecular weight is 447 g/mol. The lowest BCUT2D eigenvalue weighted by Crippen LogP contribution is -2.38. The van der Waals surface area contributed by atoms with Crippen molar-refractivity contribution in [3.8, 4) is 11.3 Å². The number of carbonyl (C=O) groups excluding carboxylic acids is 1. The van der Waals surface area contributed by atoms with E-state index >= 15 is 0 Å². The smallest absolute Gasteiger partial charge is 0.225 e. The Labute approximate surface area is 190 Å². The minimum absolute atomic E-state index is 0.0979. The van der Waals surface area contributed by atoms with Crippen LogP contribution in [0, 0.1) is 24.5 Å². The Hall–Kier alpha value is -3.06. The molecule has 1 N–H and O–H groups in total. The minimum Gasteiger partial charge on any atom is -0.390 e. The topological polar surface area (TPSA) is 58.4 Å². The highest BCUT2D eigenvalue weighted by molar-refractivity contribution is 5.81. The van der Waals surface area contributed by atoms with Gasteiger partial charge in [-0.3, -0.25) is 9.48 Å². The molecule has 0 unspecified atom stereocenters. The standard InChI is InChI=1S/C26H23F2N3O2/c1-14-3-2-4-16(9-14)24-20-13-30(26(33)15-5-6-15)8-7-22(20)31(29-24)25-19-10-17(27)11-21(28)18(19)12-23(25)32/h1-4,9-11,15,23,25,32H,5-8,12-13H2/t23-,25-/m1/s1. The predicted octanol–water partition coefficient (Wildman–Crippen LogP) is 3.69. The van der Waals surface area contributed by atoms with E-state index in [4.69, 9.17) is 12.0 Å². The number of fused-ring (bicyclic) bond motifs is 2. The second-order valence-electron chi connectivity index (χ2n) is 9.30. The summed E-state index contributed by atoms with van der Waals surface area (Å²) in [7, 11) is 0. The molecule has 1 saturated carbocycles. The van der Waals surface area contributed by atoms with E-state index in [9.17, 15) is 18.7 Å². The first-order valence-electron chi connectivity index (χ1n) is 11.3. The van der Waals surface area contributed by atoms with Crippen LogP contribution in [0.15, 0.2) is 36.4 Å². The summed E-state index contributed by atoms with van der Waals surface area (Å²) in [4.78, 5) is 14.7. The molecule has 6 rings (SSSR count). The third kappa shape index (κ3) is 3.37. The number of nitrogens with zero attached hydrogens (tertiary/aromatic N) is 3. The van der Waals surface area contributed by atoms with Gasteiger partial charge in [-0.2, -0.15) is 5.10 Å². The fourth-order valence-corrected chi connectivity index (χ4v) is 5.30. The second-order valence-corrected chi connectivity index (χ2v) is 9.30. The third-order valence-corrected chi connectivity index (χ3v) is 7.04. The van der Waals surface area contributed by atoms with Gasteiger partial charge in [0, 0.05) is 54.7 Å². The van der Waals surface area contributed by atoms with Crippen LogP contribution in [-0.4, -0.2) is 38.3 Å². The Balaban J connectivity index is 1.49. The highest BCUT2D eigenvalue weighted by Gasteiger charge is 2.40. The number of carbonyl (C=O) groups is 1. The normalized spacial score (nSPS) is 21.8. The Morgan fingerprint density at radius 3 is 2.73 bits per heavy atom. The highest BCUT2D eigenvalue weighted by atomic mass is 19.1. The van der Waals surface area contributed by atoms with Crippen LogP contribution < -0.4 is 0 Å². The first-order chi connectivity index (χ1) is 15.9. The molecule has 2 radical (unpaired) electrons. The molecular formula is C26H23F2N3O2. The van der Waals surface area contributed by atoms with Crippen LogP contribution >= 0.6 is 0 Å². The molecule has 33 heavy (non-hydrogen) atoms. The van der Waals surface area contributed by atoms with E-state index in [0.29, 0.717) is 41.9 Å². The number of amides is 1. The summed E-state index contributed by atoms with van der Waals surface area (Å²) >= 11 is 0. The molecule has 7 heteroatoms. The van der Waals surface area contributed by atoms with E-state index in [1.807, 2.05) is 23.1 Å². The van der Waals surface area contributed by atoms with Gasteiger partial charge in [0.1, 0.15) is 17.7 Å². The molecule has 2 atom stereocenters. The van der Waals surface area contributed by atoms with Crippen molar-refractivity contribution in [1.29, 1.82) is 0 Å². The monoisotopic (exact) mass is 447 g/mol. The Kier molecular flexibility index (Phi) is 4.66. The molecule has 1 aliphatic heterocycles. The number of rotatable bonds is 3. The lowest BCUT2D eigenvalue weighted by Gasteiger charge is -2.29. The molecular weight excluding hydrogens is 424 g/mol. The van der Waals surface area contributed by atoms with Crippen molar-refractivity contribution < 1.29 is 18.7 Å². The minimum atomic E-state index is -0.930. The Bertz CT molecular complexity index is 1280. The Morgan fingerprint density at radius 2 is 1.97 bits per heavy atom. The number of hydrogen-bond donors (Lipinski definition) is 1. The second kappa shape index (κ2) is 7.48. The van der Waals surface area contributed by atoms with Gasteiger partial charge in [-0.05, 0) is 48.6 Å². The summed E-state index contributed by atoms with van der Waals surface area (Å²) < 4.78 is 30.3. The van der Waals surface area contributed by atoms with E-state index in [1.54, 1.807) is 10.7 Å². The van der Waals surface area contributed by atoms with Crippen molar-refractivity contribution in [2.24, 2.45) is 5.92 Å². The van der Waals surface area contributed by atoms with Crippen LogP contribution in [0.1, 0.15) is 46.8 Å². The van der Waals surface area contributed by atoms with Crippen molar-refractivity contribution in [3.05, 3.63) is 82.9 Å². The van der Waals surface area contributed by atoms with E-state index < -0.39 is 23.8 Å². The zero-order valence-electron chi connectivity index (χ0n) is 18.0. The van der Waals surface area contributed by atoms with E-state index in [-0.39, 0.29) is 18.2 Å². The number of aliphatic hydroxyl groups excluding tert-OH is 1. The van der Waals surface area contributed by atoms with Gasteiger partial charge >= 0.3 is 0 Å². The molecule has 168 valence electrons. The van der Waals surface area contributed by atoms with Crippen molar-refractivity contribution in [3.63, 3.8) is 0 Å². The van der Waals surface area contributed by atoms with Crippen LogP contribution in [0.3, 0.4) is 0 Å². The van der Waals surface area contributed by atoms with Crippen LogP contribution in [0.25, 0.3) is 11.3 Å². The summed E-state index contributed by atoms with van der Waals surface area (Å²) in [5, 5.41) is 15.8. The molecule has 5 nitrogen and oxygen atoms in total. The number of aliphatic hydroxyl groups is 1. The van der Waals surface area contributed by atoms with Gasteiger partial charge in [0.25, 0.3) is 0 Å². The van der Waals surface area contributed by atoms with Crippen LogP contribution in [-0.2, 0) is 24.2 Å². The molecule has 0 saturated heterocycles. The molecule has 3 aromatic rings. The fourth-order valence-electron chi connectivity index (χ4n) is 5.30. The highest BCUT2D eigenvalue weighted by Crippen LogP contribution is 2.41. The molecule has 2 aromatic carbocycles. The van der Waals surface area contributed by atoms with E-state index in [1.165, 1.54) is 6.07 Å². The molecule has 1 amide bonds. The molecule has 1 fully saturated rings. The van der Waals surface area contributed by atoms with Crippen molar-refractivity contribution >= 4 is 5.91 Å². The zero-order valence-corrected chi connectivity index (χ0v) is 18.0. The summed E-state index contributed by atoms with van der Waals surface area (Å²) in [6.07, 6.45) is 1.59. The fraction of sp³-hybridized carbons (Fsp3) is 0.346. The lowest BCUT2D eigenvalue weighted by atomic mass is 9.99. The first kappa shape index (κ1) is 20.5. The summed E-state index contributed by atoms with van der Waals surface area (Å²) in [5.41, 5.74) is 4.61. The molecule has 2 heterocycles. The van der Waals surface area contributed by atoms with Crippen LogP contribution in [0.2, 0.25) is 0 Å². The first-order valence-corrected chi connectivity index (χ1v) is 11.3. The maximum Gasteiger partial charge on any atom is 0.225 e. The van der Waals surface area contributed by atoms with Gasteiger partial charge in [0.15, 0.2) is 0 Å². The van der Waals surface area contributed by atoms with Gasteiger partial charge in [0.2, 0.25) is 5.91 Å². The average Bonchev–Trinajstić information content (AvgIpc) is 3.50. The quantitative estimate of drug-likeness (QED) is 0.666. The summed E-state index contributed by atoms with van der Waals surface area (Å²) in [6.45, 7) is 6.99. The van der Waals surface area contributed by atoms with Crippen LogP contribution in [0.4, 0.5) is 8.78 Å². The molecule has 0 spiro atoms. The molecule has 2 aliphatic carbocycles. The zero-order chi connectivity index (χ0) is 22.9. The van der Waals surface area contributed by atoms with Gasteiger partial charge < -0.3 is 10.0 Å². The number of halogens is 2. The maximum absolute atomic E-state index is 14.5. The molecule has 3 aliphatic rings. The number of aromatic nitrogens is 2. The molecule has 1 aromatic heterocycles. The Morgan fingerprint density at radius 1 is 1.15 bits per heavy atom. The van der Waals surface area contributed by atoms with Crippen molar-refractivity contribution in [1.82, 2.24) is 14.7 Å². The van der Waals surface area contributed by atoms with Gasteiger partial charge in [-0.1, -0.05) is 18.2 Å². The molecule has 0 bridgehead atoms. The van der Waals surface area contributed by atoms with Gasteiger partial charge in [0.05, 0.1) is 11.8 Å². The number of benzene rings is 2. The predicted molar refractivity (Wildman–Crippen MR) is 117 cm³/mol. The van der Waals surface area contributed by atoms with Gasteiger partial charge in [-0.15, -0.1) is 0 Å². The van der Waals surface area contributed by atoms with Gasteiger partial charge in [-0.25, -0.2) is 8.78 Å². The van der Waals surface area contributed by atoms with Crippen molar-refractivity contribution in [2.45, 2.75) is 44.4 Å². The summed E-state index contributed by atoms with van der Waals surface area (Å²) in [6, 6.07) is 8.82. The largest absolute Gasteiger partial charge is 0.390 e. The summed E-state index contributed by atoms with van der Waals surface area (Å²) in [5.74, 6) is -1.04. The third-order valence-electron chi connectivity index (χ3n) is 7.04. The van der Waals surface area contributed by atoms with E-state index in [0.717, 1.165) is 35.7 Å². The lowest BCUT2D eigenvalue weighted by molar-refractivity contribution is -0.133. The SMILES string of the molecule is [CH]c1cccc(-c2nn([C@@H]3c4cc(F)cc(F)c4C[C@H]3O)c3c2CN(C(=O)C2CC2)CC3)c1. The van der Waals surface area contributed by atoms with E-state index in [2.05, 4.69) is 0 Å². The van der Waals surface area contributed by atoms with Crippen LogP contribution in [0.5, 0.6) is 0 Å².